The van der Waals surface area contributed by atoms with E-state index in [1.165, 1.54) is 6.07 Å². The third-order valence-electron chi connectivity index (χ3n) is 2.31. The van der Waals surface area contributed by atoms with E-state index in [9.17, 15) is 9.18 Å². The van der Waals surface area contributed by atoms with Crippen LogP contribution in [0.15, 0.2) is 24.3 Å². The van der Waals surface area contributed by atoms with Crippen molar-refractivity contribution in [1.82, 2.24) is 5.32 Å². The van der Waals surface area contributed by atoms with Crippen LogP contribution < -0.4 is 5.32 Å². The lowest BCUT2D eigenvalue weighted by molar-refractivity contribution is -0.130. The molecule has 100 valence electrons. The van der Waals surface area contributed by atoms with Gasteiger partial charge in [0.2, 0.25) is 5.91 Å². The van der Waals surface area contributed by atoms with E-state index < -0.39 is 0 Å². The monoisotopic (exact) mass is 253 g/mol. The first-order valence-corrected chi connectivity index (χ1v) is 6.02. The second-order valence-electron chi connectivity index (χ2n) is 5.09. The number of carbonyl (C=O) groups excluding carboxylic acids is 1. The van der Waals surface area contributed by atoms with E-state index >= 15 is 0 Å². The first-order chi connectivity index (χ1) is 8.38. The topological polar surface area (TPSA) is 38.3 Å². The van der Waals surface area contributed by atoms with Gasteiger partial charge in [-0.1, -0.05) is 18.2 Å². The number of hydrogen-bond acceptors (Lipinski definition) is 2. The highest BCUT2D eigenvalue weighted by molar-refractivity contribution is 5.77. The van der Waals surface area contributed by atoms with Crippen LogP contribution in [0.3, 0.4) is 0 Å². The molecular formula is C14H20FNO2. The van der Waals surface area contributed by atoms with Crippen molar-refractivity contribution >= 4 is 5.91 Å². The van der Waals surface area contributed by atoms with Crippen LogP contribution in [-0.2, 0) is 16.0 Å². The van der Waals surface area contributed by atoms with Crippen LogP contribution in [0.2, 0.25) is 0 Å². The second kappa shape index (κ2) is 6.50. The number of rotatable bonds is 5. The van der Waals surface area contributed by atoms with Gasteiger partial charge in [0.05, 0.1) is 5.60 Å². The van der Waals surface area contributed by atoms with Gasteiger partial charge in [-0.15, -0.1) is 0 Å². The molecule has 0 aromatic heterocycles. The second-order valence-corrected chi connectivity index (χ2v) is 5.09. The van der Waals surface area contributed by atoms with Crippen LogP contribution in [-0.4, -0.2) is 24.7 Å². The van der Waals surface area contributed by atoms with Gasteiger partial charge in [0.1, 0.15) is 12.4 Å². The highest BCUT2D eigenvalue weighted by atomic mass is 19.1. The van der Waals surface area contributed by atoms with Gasteiger partial charge in [-0.2, -0.15) is 0 Å². The fraction of sp³-hybridized carbons (Fsp3) is 0.500. The maximum absolute atomic E-state index is 13.3. The van der Waals surface area contributed by atoms with Crippen molar-refractivity contribution in [3.8, 4) is 0 Å². The number of hydrogen-bond donors (Lipinski definition) is 1. The van der Waals surface area contributed by atoms with E-state index in [1.807, 2.05) is 20.8 Å². The van der Waals surface area contributed by atoms with Gasteiger partial charge in [-0.25, -0.2) is 4.39 Å². The minimum Gasteiger partial charge on any atom is -0.366 e. The van der Waals surface area contributed by atoms with E-state index in [0.717, 1.165) is 0 Å². The first-order valence-electron chi connectivity index (χ1n) is 6.02. The number of amides is 1. The molecule has 4 heteroatoms. The predicted octanol–water partition coefficient (Wildman–Crippen LogP) is 2.30. The summed E-state index contributed by atoms with van der Waals surface area (Å²) in [5.41, 5.74) is 0.276. The third kappa shape index (κ3) is 5.77. The SMILES string of the molecule is CC(C)(C)OCC(=O)NCCc1ccccc1F. The molecule has 0 aliphatic heterocycles. The minimum absolute atomic E-state index is 0.0285. The van der Waals surface area contributed by atoms with Crippen molar-refractivity contribution in [1.29, 1.82) is 0 Å². The van der Waals surface area contributed by atoms with Crippen LogP contribution in [0.1, 0.15) is 26.3 Å². The van der Waals surface area contributed by atoms with Gasteiger partial charge in [-0.3, -0.25) is 4.79 Å². The van der Waals surface area contributed by atoms with Crippen LogP contribution in [0.4, 0.5) is 4.39 Å². The molecule has 1 amide bonds. The summed E-state index contributed by atoms with van der Waals surface area (Å²) in [6.07, 6.45) is 0.480. The summed E-state index contributed by atoms with van der Waals surface area (Å²) in [4.78, 5) is 11.4. The van der Waals surface area contributed by atoms with Crippen molar-refractivity contribution in [3.05, 3.63) is 35.6 Å². The number of halogens is 1. The summed E-state index contributed by atoms with van der Waals surface area (Å²) in [7, 11) is 0. The molecule has 0 saturated heterocycles. The number of ether oxygens (including phenoxy) is 1. The zero-order valence-corrected chi connectivity index (χ0v) is 11.1. The quantitative estimate of drug-likeness (QED) is 0.874. The summed E-state index contributed by atoms with van der Waals surface area (Å²) in [6, 6.07) is 6.56. The lowest BCUT2D eigenvalue weighted by atomic mass is 10.1. The van der Waals surface area contributed by atoms with Gasteiger partial charge in [0.15, 0.2) is 0 Å². The average molecular weight is 253 g/mol. The average Bonchev–Trinajstić information content (AvgIpc) is 2.28. The fourth-order valence-electron chi connectivity index (χ4n) is 1.37. The summed E-state index contributed by atoms with van der Waals surface area (Å²) >= 11 is 0. The van der Waals surface area contributed by atoms with Crippen LogP contribution >= 0.6 is 0 Å². The molecule has 0 radical (unpaired) electrons. The maximum atomic E-state index is 13.3. The van der Waals surface area contributed by atoms with Gasteiger partial charge in [0.25, 0.3) is 0 Å². The Kier molecular flexibility index (Phi) is 5.28. The largest absolute Gasteiger partial charge is 0.366 e. The highest BCUT2D eigenvalue weighted by Crippen LogP contribution is 2.07. The Bertz CT molecular complexity index is 399. The van der Waals surface area contributed by atoms with Crippen molar-refractivity contribution in [2.45, 2.75) is 32.8 Å². The summed E-state index contributed by atoms with van der Waals surface area (Å²) in [6.45, 7) is 6.10. The predicted molar refractivity (Wildman–Crippen MR) is 68.8 cm³/mol. The standard InChI is InChI=1S/C14H20FNO2/c1-14(2,3)18-10-13(17)16-9-8-11-6-4-5-7-12(11)15/h4-7H,8-10H2,1-3H3,(H,16,17). The van der Waals surface area contributed by atoms with Crippen LogP contribution in [0, 0.1) is 5.82 Å². The smallest absolute Gasteiger partial charge is 0.246 e. The summed E-state index contributed by atoms with van der Waals surface area (Å²) < 4.78 is 18.6. The fourth-order valence-corrected chi connectivity index (χ4v) is 1.37. The third-order valence-corrected chi connectivity index (χ3v) is 2.31. The van der Waals surface area contributed by atoms with Crippen molar-refractivity contribution in [2.75, 3.05) is 13.2 Å². The van der Waals surface area contributed by atoms with Gasteiger partial charge in [0, 0.05) is 6.54 Å². The van der Waals surface area contributed by atoms with E-state index in [1.54, 1.807) is 18.2 Å². The van der Waals surface area contributed by atoms with E-state index in [4.69, 9.17) is 4.74 Å². The molecular weight excluding hydrogens is 233 g/mol. The maximum Gasteiger partial charge on any atom is 0.246 e. The molecule has 0 atom stereocenters. The minimum atomic E-state index is -0.330. The van der Waals surface area contributed by atoms with Crippen LogP contribution in [0.5, 0.6) is 0 Å². The normalized spacial score (nSPS) is 11.3. The Morgan fingerprint density at radius 2 is 2.00 bits per heavy atom. The molecule has 0 saturated carbocycles. The zero-order valence-electron chi connectivity index (χ0n) is 11.1. The lowest BCUT2D eigenvalue weighted by Crippen LogP contribution is -2.33. The molecule has 0 fully saturated rings. The number of carbonyl (C=O) groups is 1. The van der Waals surface area contributed by atoms with Crippen molar-refractivity contribution in [3.63, 3.8) is 0 Å². The first kappa shape index (κ1) is 14.6. The molecule has 0 spiro atoms. The molecule has 0 aliphatic rings. The Labute approximate surface area is 107 Å². The van der Waals surface area contributed by atoms with Gasteiger partial charge in [-0.05, 0) is 38.8 Å². The summed E-state index contributed by atoms with van der Waals surface area (Å²) in [5.74, 6) is -0.418. The molecule has 1 rings (SSSR count). The Morgan fingerprint density at radius 3 is 2.61 bits per heavy atom. The Balaban J connectivity index is 2.26. The molecule has 0 heterocycles. The lowest BCUT2D eigenvalue weighted by Gasteiger charge is -2.18. The Morgan fingerprint density at radius 1 is 1.33 bits per heavy atom. The molecule has 3 nitrogen and oxygen atoms in total. The molecule has 1 N–H and O–H groups in total. The molecule has 0 unspecified atom stereocenters. The Hall–Kier alpha value is -1.42. The van der Waals surface area contributed by atoms with E-state index in [-0.39, 0.29) is 23.9 Å². The molecule has 18 heavy (non-hydrogen) atoms. The van der Waals surface area contributed by atoms with Gasteiger partial charge < -0.3 is 10.1 Å². The van der Waals surface area contributed by atoms with E-state index in [0.29, 0.717) is 18.5 Å². The number of benzene rings is 1. The molecule has 0 bridgehead atoms. The van der Waals surface area contributed by atoms with E-state index in [2.05, 4.69) is 5.32 Å². The number of nitrogens with one attached hydrogen (secondary N) is 1. The van der Waals surface area contributed by atoms with Gasteiger partial charge >= 0.3 is 0 Å². The van der Waals surface area contributed by atoms with Crippen LogP contribution in [0.25, 0.3) is 0 Å². The highest BCUT2D eigenvalue weighted by Gasteiger charge is 2.12. The van der Waals surface area contributed by atoms with Crippen molar-refractivity contribution < 1.29 is 13.9 Å². The molecule has 1 aromatic rings. The molecule has 1 aromatic carbocycles. The zero-order chi connectivity index (χ0) is 13.6. The summed E-state index contributed by atoms with van der Waals surface area (Å²) in [5, 5.41) is 2.70. The molecule has 0 aliphatic carbocycles. The van der Waals surface area contributed by atoms with Crippen molar-refractivity contribution in [2.24, 2.45) is 0 Å².